The van der Waals surface area contributed by atoms with Crippen LogP contribution in [0.25, 0.3) is 22.2 Å². The molecular formula is C24H27N5O. The van der Waals surface area contributed by atoms with E-state index in [1.54, 1.807) is 0 Å². The first kappa shape index (κ1) is 19.0. The van der Waals surface area contributed by atoms with Crippen LogP contribution >= 0.6 is 0 Å². The molecule has 30 heavy (non-hydrogen) atoms. The number of piperazine rings is 1. The zero-order valence-electron chi connectivity index (χ0n) is 17.2. The normalized spacial score (nSPS) is 17.6. The Labute approximate surface area is 177 Å². The number of hydrogen-bond acceptors (Lipinski definition) is 5. The van der Waals surface area contributed by atoms with Crippen LogP contribution in [0.4, 0.5) is 5.95 Å². The Morgan fingerprint density at radius 3 is 2.27 bits per heavy atom. The number of para-hydroxylation sites is 1. The predicted molar refractivity (Wildman–Crippen MR) is 119 cm³/mol. The summed E-state index contributed by atoms with van der Waals surface area (Å²) in [5, 5.41) is 1.07. The van der Waals surface area contributed by atoms with Crippen molar-refractivity contribution >= 4 is 22.8 Å². The smallest absolute Gasteiger partial charge is 0.236 e. The third-order valence-electron chi connectivity index (χ3n) is 6.11. The molecule has 6 nitrogen and oxygen atoms in total. The number of carbonyl (C=O) groups excluding carboxylic acids is 1. The molecule has 0 unspecified atom stereocenters. The molecule has 2 aromatic carbocycles. The Morgan fingerprint density at radius 2 is 1.50 bits per heavy atom. The Balaban J connectivity index is 1.34. The van der Waals surface area contributed by atoms with E-state index < -0.39 is 0 Å². The highest BCUT2D eigenvalue weighted by Gasteiger charge is 2.25. The van der Waals surface area contributed by atoms with Crippen molar-refractivity contribution in [3.05, 3.63) is 54.6 Å². The van der Waals surface area contributed by atoms with Crippen LogP contribution in [-0.4, -0.2) is 71.5 Å². The van der Waals surface area contributed by atoms with E-state index in [2.05, 4.69) is 34.1 Å². The van der Waals surface area contributed by atoms with Crippen LogP contribution in [0.1, 0.15) is 12.8 Å². The lowest BCUT2D eigenvalue weighted by Gasteiger charge is -2.35. The van der Waals surface area contributed by atoms with Crippen LogP contribution in [0.15, 0.2) is 54.6 Å². The van der Waals surface area contributed by atoms with E-state index in [4.69, 9.17) is 9.97 Å². The van der Waals surface area contributed by atoms with Crippen LogP contribution in [0, 0.1) is 0 Å². The summed E-state index contributed by atoms with van der Waals surface area (Å²) in [5.74, 6) is 1.05. The average Bonchev–Trinajstić information content (AvgIpc) is 3.35. The number of carbonyl (C=O) groups is 1. The summed E-state index contributed by atoms with van der Waals surface area (Å²) >= 11 is 0. The fourth-order valence-electron chi connectivity index (χ4n) is 4.39. The molecule has 5 rings (SSSR count). The predicted octanol–water partition coefficient (Wildman–Crippen LogP) is 3.04. The van der Waals surface area contributed by atoms with Crippen LogP contribution in [0.5, 0.6) is 0 Å². The third-order valence-corrected chi connectivity index (χ3v) is 6.11. The highest BCUT2D eigenvalue weighted by atomic mass is 16.2. The largest absolute Gasteiger partial charge is 0.342 e. The lowest BCUT2D eigenvalue weighted by molar-refractivity contribution is -0.131. The highest BCUT2D eigenvalue weighted by molar-refractivity contribution is 5.93. The van der Waals surface area contributed by atoms with Gasteiger partial charge in [0, 0.05) is 50.2 Å². The van der Waals surface area contributed by atoms with Crippen molar-refractivity contribution in [1.29, 1.82) is 0 Å². The summed E-state index contributed by atoms with van der Waals surface area (Å²) in [6, 6.07) is 18.5. The summed E-state index contributed by atoms with van der Waals surface area (Å²) in [6.07, 6.45) is 2.28. The van der Waals surface area contributed by atoms with Gasteiger partial charge in [-0.25, -0.2) is 9.97 Å². The van der Waals surface area contributed by atoms with Gasteiger partial charge in [-0.1, -0.05) is 48.5 Å². The molecule has 0 radical (unpaired) electrons. The zero-order valence-corrected chi connectivity index (χ0v) is 17.2. The number of fused-ring (bicyclic) bond motifs is 1. The zero-order chi connectivity index (χ0) is 20.3. The molecule has 0 spiro atoms. The van der Waals surface area contributed by atoms with E-state index in [0.717, 1.165) is 80.2 Å². The number of rotatable bonds is 4. The molecule has 1 aromatic heterocycles. The molecule has 2 saturated heterocycles. The van der Waals surface area contributed by atoms with Crippen LogP contribution in [0.2, 0.25) is 0 Å². The van der Waals surface area contributed by atoms with Gasteiger partial charge in [0.05, 0.1) is 17.8 Å². The van der Waals surface area contributed by atoms with Crippen molar-refractivity contribution in [2.45, 2.75) is 12.8 Å². The maximum absolute atomic E-state index is 12.5. The third kappa shape index (κ3) is 3.87. The van der Waals surface area contributed by atoms with Gasteiger partial charge in [-0.15, -0.1) is 0 Å². The molecule has 0 saturated carbocycles. The van der Waals surface area contributed by atoms with Gasteiger partial charge in [0.2, 0.25) is 11.9 Å². The maximum Gasteiger partial charge on any atom is 0.236 e. The highest BCUT2D eigenvalue weighted by Crippen LogP contribution is 2.28. The second-order valence-electron chi connectivity index (χ2n) is 8.11. The topological polar surface area (TPSA) is 52.6 Å². The molecule has 154 valence electrons. The van der Waals surface area contributed by atoms with Crippen LogP contribution < -0.4 is 4.90 Å². The minimum Gasteiger partial charge on any atom is -0.342 e. The Kier molecular flexibility index (Phi) is 5.32. The van der Waals surface area contributed by atoms with Crippen molar-refractivity contribution in [1.82, 2.24) is 19.8 Å². The van der Waals surface area contributed by atoms with Gasteiger partial charge >= 0.3 is 0 Å². The fraction of sp³-hybridized carbons (Fsp3) is 0.375. The molecular weight excluding hydrogens is 374 g/mol. The van der Waals surface area contributed by atoms with Crippen molar-refractivity contribution in [3.8, 4) is 11.3 Å². The number of aromatic nitrogens is 2. The molecule has 2 aliphatic rings. The first-order chi connectivity index (χ1) is 14.8. The minimum atomic E-state index is 0.272. The Bertz CT molecular complexity index is 1020. The second-order valence-corrected chi connectivity index (χ2v) is 8.11. The molecule has 6 heteroatoms. The number of likely N-dealkylation sites (tertiary alicyclic amines) is 1. The van der Waals surface area contributed by atoms with E-state index in [1.807, 2.05) is 35.2 Å². The average molecular weight is 402 g/mol. The van der Waals surface area contributed by atoms with Gasteiger partial charge < -0.3 is 9.80 Å². The van der Waals surface area contributed by atoms with E-state index in [1.165, 1.54) is 0 Å². The first-order valence-electron chi connectivity index (χ1n) is 10.9. The van der Waals surface area contributed by atoms with Crippen LogP contribution in [-0.2, 0) is 4.79 Å². The number of anilines is 1. The van der Waals surface area contributed by atoms with E-state index >= 15 is 0 Å². The molecule has 0 atom stereocenters. The second kappa shape index (κ2) is 8.40. The molecule has 1 amide bonds. The van der Waals surface area contributed by atoms with Gasteiger partial charge in [0.1, 0.15) is 0 Å². The summed E-state index contributed by atoms with van der Waals surface area (Å²) in [7, 11) is 0. The number of hydrogen-bond donors (Lipinski definition) is 0. The number of nitrogens with zero attached hydrogens (tertiary/aromatic N) is 5. The van der Waals surface area contributed by atoms with Crippen molar-refractivity contribution < 1.29 is 4.79 Å². The lowest BCUT2D eigenvalue weighted by atomic mass is 10.1. The molecule has 2 aliphatic heterocycles. The summed E-state index contributed by atoms with van der Waals surface area (Å²) in [6.45, 7) is 5.76. The minimum absolute atomic E-state index is 0.272. The van der Waals surface area contributed by atoms with Crippen molar-refractivity contribution in [2.24, 2.45) is 0 Å². The fourth-order valence-corrected chi connectivity index (χ4v) is 4.39. The maximum atomic E-state index is 12.5. The quantitative estimate of drug-likeness (QED) is 0.673. The van der Waals surface area contributed by atoms with Gasteiger partial charge in [-0.05, 0) is 18.9 Å². The monoisotopic (exact) mass is 401 g/mol. The first-order valence-corrected chi connectivity index (χ1v) is 10.9. The van der Waals surface area contributed by atoms with Gasteiger partial charge in [-0.3, -0.25) is 9.69 Å². The lowest BCUT2D eigenvalue weighted by Crippen LogP contribution is -2.50. The van der Waals surface area contributed by atoms with E-state index in [9.17, 15) is 4.79 Å². The molecule has 3 aromatic rings. The number of benzene rings is 2. The number of amides is 1. The SMILES string of the molecule is O=C(CN1CCN(c2nc(-c3ccccc3)c3ccccc3n2)CC1)N1CCCC1. The summed E-state index contributed by atoms with van der Waals surface area (Å²) in [5.41, 5.74) is 3.04. The summed E-state index contributed by atoms with van der Waals surface area (Å²) < 4.78 is 0. The van der Waals surface area contributed by atoms with Crippen molar-refractivity contribution in [2.75, 3.05) is 50.7 Å². The molecule has 0 N–H and O–H groups in total. The van der Waals surface area contributed by atoms with Gasteiger partial charge in [-0.2, -0.15) is 0 Å². The standard InChI is InChI=1S/C24H27N5O/c30-22(28-12-6-7-13-28)18-27-14-16-29(17-15-27)24-25-21-11-5-4-10-20(21)23(26-24)19-8-2-1-3-9-19/h1-5,8-11H,6-7,12-18H2. The van der Waals surface area contributed by atoms with E-state index in [0.29, 0.717) is 6.54 Å². The molecule has 0 bridgehead atoms. The van der Waals surface area contributed by atoms with Gasteiger partial charge in [0.25, 0.3) is 0 Å². The molecule has 2 fully saturated rings. The van der Waals surface area contributed by atoms with Crippen LogP contribution in [0.3, 0.4) is 0 Å². The Hall–Kier alpha value is -2.99. The summed E-state index contributed by atoms with van der Waals surface area (Å²) in [4.78, 5) is 28.8. The molecule has 3 heterocycles. The van der Waals surface area contributed by atoms with Crippen molar-refractivity contribution in [3.63, 3.8) is 0 Å². The van der Waals surface area contributed by atoms with E-state index in [-0.39, 0.29) is 5.91 Å². The molecule has 0 aliphatic carbocycles. The Morgan fingerprint density at radius 1 is 0.800 bits per heavy atom. The van der Waals surface area contributed by atoms with Gasteiger partial charge in [0.15, 0.2) is 0 Å².